The maximum absolute atomic E-state index is 12.6. The fourth-order valence-corrected chi connectivity index (χ4v) is 2.96. The number of ketones is 1. The first-order valence-corrected chi connectivity index (χ1v) is 9.02. The third kappa shape index (κ3) is 4.02. The molecule has 2 aromatic carbocycles. The molecule has 6 nitrogen and oxygen atoms in total. The first-order valence-electron chi connectivity index (χ1n) is 9.02. The molecular weight excluding hydrogens is 368 g/mol. The highest BCUT2D eigenvalue weighted by molar-refractivity contribution is 6.07. The van der Waals surface area contributed by atoms with Crippen LogP contribution in [0.3, 0.4) is 0 Å². The van der Waals surface area contributed by atoms with Crippen molar-refractivity contribution in [2.24, 2.45) is 0 Å². The molecule has 0 bridgehead atoms. The number of nitrogens with one attached hydrogen (secondary N) is 1. The van der Waals surface area contributed by atoms with Crippen LogP contribution >= 0.6 is 0 Å². The third-order valence-electron chi connectivity index (χ3n) is 4.50. The van der Waals surface area contributed by atoms with Gasteiger partial charge in [-0.25, -0.2) is 4.79 Å². The lowest BCUT2D eigenvalue weighted by Gasteiger charge is -2.03. The lowest BCUT2D eigenvalue weighted by molar-refractivity contribution is 0.104. The molecule has 0 atom stereocenters. The summed E-state index contributed by atoms with van der Waals surface area (Å²) in [5, 5.41) is 9.09. The summed E-state index contributed by atoms with van der Waals surface area (Å²) < 4.78 is 6.75. The first kappa shape index (κ1) is 18.5. The summed E-state index contributed by atoms with van der Waals surface area (Å²) in [6.45, 7) is -0.0180. The van der Waals surface area contributed by atoms with E-state index in [1.165, 1.54) is 16.9 Å². The van der Waals surface area contributed by atoms with E-state index in [1.807, 2.05) is 12.1 Å². The van der Waals surface area contributed by atoms with E-state index in [4.69, 9.17) is 9.52 Å². The molecule has 29 heavy (non-hydrogen) atoms. The Morgan fingerprint density at radius 3 is 2.66 bits per heavy atom. The number of hydrogen-bond acceptors (Lipinski definition) is 4. The molecule has 2 heterocycles. The second-order valence-corrected chi connectivity index (χ2v) is 6.47. The summed E-state index contributed by atoms with van der Waals surface area (Å²) in [5.41, 5.74) is 2.96. The molecule has 0 unspecified atom stereocenters. The van der Waals surface area contributed by atoms with Crippen LogP contribution in [-0.2, 0) is 6.61 Å². The van der Waals surface area contributed by atoms with Gasteiger partial charge in [0.2, 0.25) is 0 Å². The van der Waals surface area contributed by atoms with Gasteiger partial charge in [-0.15, -0.1) is 0 Å². The molecule has 4 aromatic rings. The molecule has 0 aliphatic heterocycles. The summed E-state index contributed by atoms with van der Waals surface area (Å²) in [6, 6.07) is 17.6. The zero-order valence-corrected chi connectivity index (χ0v) is 15.4. The molecule has 0 aliphatic rings. The Labute approximate surface area is 166 Å². The number of benzene rings is 2. The van der Waals surface area contributed by atoms with Crippen molar-refractivity contribution in [2.75, 3.05) is 0 Å². The van der Waals surface area contributed by atoms with Crippen molar-refractivity contribution in [3.05, 3.63) is 106 Å². The molecule has 4 rings (SSSR count). The number of allylic oxidation sites excluding steroid dienone is 1. The van der Waals surface area contributed by atoms with Gasteiger partial charge in [-0.1, -0.05) is 42.5 Å². The monoisotopic (exact) mass is 386 g/mol. The van der Waals surface area contributed by atoms with Gasteiger partial charge in [0.05, 0.1) is 18.6 Å². The van der Waals surface area contributed by atoms with Crippen LogP contribution in [0, 0.1) is 0 Å². The number of aromatic nitrogens is 2. The SMILES string of the molecule is O=C(/C=C/c1ccc(CO)cc1)c1cccc(-n2cc(-c3ccco3)[nH]c2=O)c1. The van der Waals surface area contributed by atoms with Crippen molar-refractivity contribution in [1.82, 2.24) is 9.55 Å². The Balaban J connectivity index is 1.58. The van der Waals surface area contributed by atoms with Crippen LogP contribution in [-0.4, -0.2) is 20.4 Å². The maximum Gasteiger partial charge on any atom is 0.330 e. The van der Waals surface area contributed by atoms with Crippen LogP contribution in [0.4, 0.5) is 0 Å². The van der Waals surface area contributed by atoms with Crippen molar-refractivity contribution >= 4 is 11.9 Å². The largest absolute Gasteiger partial charge is 0.463 e. The van der Waals surface area contributed by atoms with Gasteiger partial charge in [0, 0.05) is 11.8 Å². The summed E-state index contributed by atoms with van der Waals surface area (Å²) in [6.07, 6.45) is 6.38. The van der Waals surface area contributed by atoms with E-state index in [1.54, 1.807) is 60.8 Å². The third-order valence-corrected chi connectivity index (χ3v) is 4.50. The Kier molecular flexibility index (Phi) is 5.09. The molecule has 0 saturated heterocycles. The summed E-state index contributed by atoms with van der Waals surface area (Å²) in [5.74, 6) is 0.385. The highest BCUT2D eigenvalue weighted by Crippen LogP contribution is 2.18. The molecule has 0 radical (unpaired) electrons. The molecule has 2 N–H and O–H groups in total. The summed E-state index contributed by atoms with van der Waals surface area (Å²) >= 11 is 0. The minimum Gasteiger partial charge on any atom is -0.463 e. The molecule has 144 valence electrons. The van der Waals surface area contributed by atoms with Gasteiger partial charge in [-0.05, 0) is 41.5 Å². The standard InChI is InChI=1S/C23H18N2O4/c26-15-17-8-6-16(7-9-17)10-11-21(27)18-3-1-4-19(13-18)25-14-20(24-23(25)28)22-5-2-12-29-22/h1-14,26H,15H2,(H,24,28)/b11-10+. The summed E-state index contributed by atoms with van der Waals surface area (Å²) in [4.78, 5) is 27.6. The number of furan rings is 1. The zero-order valence-electron chi connectivity index (χ0n) is 15.4. The fraction of sp³-hybridized carbons (Fsp3) is 0.0435. The minimum absolute atomic E-state index is 0.0180. The van der Waals surface area contributed by atoms with Crippen LogP contribution in [0.2, 0.25) is 0 Å². The second kappa shape index (κ2) is 8.00. The predicted molar refractivity (Wildman–Crippen MR) is 110 cm³/mol. The highest BCUT2D eigenvalue weighted by atomic mass is 16.3. The average molecular weight is 386 g/mol. The van der Waals surface area contributed by atoms with Crippen LogP contribution in [0.1, 0.15) is 21.5 Å². The van der Waals surface area contributed by atoms with Gasteiger partial charge < -0.3 is 14.5 Å². The van der Waals surface area contributed by atoms with E-state index in [0.29, 0.717) is 22.7 Å². The molecule has 0 spiro atoms. The normalized spacial score (nSPS) is 11.2. The Morgan fingerprint density at radius 2 is 1.93 bits per heavy atom. The molecule has 0 fully saturated rings. The van der Waals surface area contributed by atoms with E-state index in [-0.39, 0.29) is 18.1 Å². The number of rotatable bonds is 6. The summed E-state index contributed by atoms with van der Waals surface area (Å²) in [7, 11) is 0. The number of carbonyl (C=O) groups excluding carboxylic acids is 1. The Hall–Kier alpha value is -3.90. The highest BCUT2D eigenvalue weighted by Gasteiger charge is 2.10. The number of aliphatic hydroxyl groups excluding tert-OH is 1. The van der Waals surface area contributed by atoms with Gasteiger partial charge in [-0.3, -0.25) is 9.36 Å². The quantitative estimate of drug-likeness (QED) is 0.390. The van der Waals surface area contributed by atoms with Crippen molar-refractivity contribution < 1.29 is 14.3 Å². The van der Waals surface area contributed by atoms with Gasteiger partial charge >= 0.3 is 5.69 Å². The Morgan fingerprint density at radius 1 is 1.10 bits per heavy atom. The van der Waals surface area contributed by atoms with E-state index in [0.717, 1.165) is 11.1 Å². The number of aliphatic hydroxyl groups is 1. The van der Waals surface area contributed by atoms with Crippen LogP contribution < -0.4 is 5.69 Å². The number of aromatic amines is 1. The number of H-pyrrole nitrogens is 1. The number of hydrogen-bond donors (Lipinski definition) is 2. The average Bonchev–Trinajstić information content (AvgIpc) is 3.42. The van der Waals surface area contributed by atoms with Crippen molar-refractivity contribution in [3.63, 3.8) is 0 Å². The molecule has 2 aromatic heterocycles. The first-order chi connectivity index (χ1) is 14.1. The van der Waals surface area contributed by atoms with Gasteiger partial charge in [0.25, 0.3) is 0 Å². The smallest absolute Gasteiger partial charge is 0.330 e. The fourth-order valence-electron chi connectivity index (χ4n) is 2.96. The van der Waals surface area contributed by atoms with Gasteiger partial charge in [0.1, 0.15) is 5.69 Å². The van der Waals surface area contributed by atoms with Crippen molar-refractivity contribution in [1.29, 1.82) is 0 Å². The number of carbonyl (C=O) groups is 1. The van der Waals surface area contributed by atoms with Crippen LogP contribution in [0.5, 0.6) is 0 Å². The van der Waals surface area contributed by atoms with E-state index >= 15 is 0 Å². The van der Waals surface area contributed by atoms with E-state index < -0.39 is 0 Å². The van der Waals surface area contributed by atoms with Crippen molar-refractivity contribution in [2.45, 2.75) is 6.61 Å². The zero-order chi connectivity index (χ0) is 20.2. The number of nitrogens with zero attached hydrogens (tertiary/aromatic N) is 1. The second-order valence-electron chi connectivity index (χ2n) is 6.47. The van der Waals surface area contributed by atoms with Gasteiger partial charge in [0.15, 0.2) is 11.5 Å². The molecule has 0 saturated carbocycles. The maximum atomic E-state index is 12.6. The topological polar surface area (TPSA) is 88.2 Å². The van der Waals surface area contributed by atoms with Crippen molar-refractivity contribution in [3.8, 4) is 17.1 Å². The number of imidazole rings is 1. The molecule has 6 heteroatoms. The van der Waals surface area contributed by atoms with E-state index in [2.05, 4.69) is 4.98 Å². The van der Waals surface area contributed by atoms with Crippen LogP contribution in [0.25, 0.3) is 23.2 Å². The Bertz CT molecular complexity index is 1210. The van der Waals surface area contributed by atoms with Gasteiger partial charge in [-0.2, -0.15) is 0 Å². The molecule has 0 aliphatic carbocycles. The van der Waals surface area contributed by atoms with Crippen LogP contribution in [0.15, 0.2) is 88.4 Å². The lowest BCUT2D eigenvalue weighted by Crippen LogP contribution is -2.14. The molecule has 0 amide bonds. The molecular formula is C23H18N2O4. The lowest BCUT2D eigenvalue weighted by atomic mass is 10.1. The predicted octanol–water partition coefficient (Wildman–Crippen LogP) is 3.81. The van der Waals surface area contributed by atoms with E-state index in [9.17, 15) is 9.59 Å². The minimum atomic E-state index is -0.319.